The van der Waals surface area contributed by atoms with Crippen LogP contribution in [0.25, 0.3) is 11.3 Å². The SMILES string of the molecule is O=C(CCc1ncc(-c2c(F)cccc2F)o1)Nc1cccc(Cl)c1N1CCOCC1. The third-order valence-electron chi connectivity index (χ3n) is 4.92. The van der Waals surface area contributed by atoms with E-state index in [9.17, 15) is 13.6 Å². The lowest BCUT2D eigenvalue weighted by atomic mass is 10.1. The fourth-order valence-electron chi connectivity index (χ4n) is 3.43. The molecule has 1 aliphatic rings. The van der Waals surface area contributed by atoms with Gasteiger partial charge in [0.2, 0.25) is 5.91 Å². The lowest BCUT2D eigenvalue weighted by Crippen LogP contribution is -2.37. The smallest absolute Gasteiger partial charge is 0.224 e. The minimum atomic E-state index is -0.739. The van der Waals surface area contributed by atoms with Gasteiger partial charge in [0, 0.05) is 25.9 Å². The molecule has 4 rings (SSSR count). The van der Waals surface area contributed by atoms with Crippen LogP contribution in [0.5, 0.6) is 0 Å². The van der Waals surface area contributed by atoms with E-state index in [1.807, 2.05) is 0 Å². The second-order valence-corrected chi connectivity index (χ2v) is 7.41. The van der Waals surface area contributed by atoms with Crippen LogP contribution in [0.2, 0.25) is 5.02 Å². The van der Waals surface area contributed by atoms with Gasteiger partial charge in [0.15, 0.2) is 11.7 Å². The van der Waals surface area contributed by atoms with Gasteiger partial charge in [-0.2, -0.15) is 0 Å². The Morgan fingerprint density at radius 1 is 1.13 bits per heavy atom. The lowest BCUT2D eigenvalue weighted by molar-refractivity contribution is -0.116. The summed E-state index contributed by atoms with van der Waals surface area (Å²) in [7, 11) is 0. The molecule has 1 aromatic heterocycles. The number of ether oxygens (including phenoxy) is 1. The van der Waals surface area contributed by atoms with Crippen LogP contribution in [0, 0.1) is 11.6 Å². The third-order valence-corrected chi connectivity index (χ3v) is 5.22. The number of aryl methyl sites for hydroxylation is 1. The zero-order valence-corrected chi connectivity index (χ0v) is 17.3. The molecular weight excluding hydrogens is 428 g/mol. The molecule has 6 nitrogen and oxygen atoms in total. The number of amides is 1. The predicted molar refractivity (Wildman–Crippen MR) is 113 cm³/mol. The fourth-order valence-corrected chi connectivity index (χ4v) is 3.73. The van der Waals surface area contributed by atoms with Gasteiger partial charge in [-0.05, 0) is 24.3 Å². The first-order chi connectivity index (χ1) is 15.0. The molecule has 31 heavy (non-hydrogen) atoms. The van der Waals surface area contributed by atoms with E-state index in [2.05, 4.69) is 15.2 Å². The molecule has 2 aromatic carbocycles. The molecule has 9 heteroatoms. The molecule has 0 spiro atoms. The van der Waals surface area contributed by atoms with E-state index < -0.39 is 11.6 Å². The Morgan fingerprint density at radius 2 is 1.84 bits per heavy atom. The van der Waals surface area contributed by atoms with Gasteiger partial charge in [0.05, 0.1) is 41.4 Å². The summed E-state index contributed by atoms with van der Waals surface area (Å²) in [5, 5.41) is 3.43. The van der Waals surface area contributed by atoms with E-state index in [-0.39, 0.29) is 36.0 Å². The fraction of sp³-hybridized carbons (Fsp3) is 0.273. The number of para-hydroxylation sites is 1. The summed E-state index contributed by atoms with van der Waals surface area (Å²) in [6.07, 6.45) is 1.51. The van der Waals surface area contributed by atoms with Crippen LogP contribution >= 0.6 is 11.6 Å². The standard InChI is InChI=1S/C22H20ClF2N3O3/c23-14-3-1-6-17(22(14)28-9-11-30-12-10-28)27-19(29)7-8-20-26-13-18(31-20)21-15(24)4-2-5-16(21)25/h1-6,13H,7-12H2,(H,27,29). The number of rotatable bonds is 6. The van der Waals surface area contributed by atoms with Crippen LogP contribution in [-0.2, 0) is 16.0 Å². The van der Waals surface area contributed by atoms with Crippen LogP contribution < -0.4 is 10.2 Å². The number of aromatic nitrogens is 1. The number of nitrogens with one attached hydrogen (secondary N) is 1. The van der Waals surface area contributed by atoms with Gasteiger partial charge in [-0.1, -0.05) is 23.7 Å². The zero-order valence-electron chi connectivity index (χ0n) is 16.5. The number of anilines is 2. The number of hydrogen-bond acceptors (Lipinski definition) is 5. The van der Waals surface area contributed by atoms with E-state index in [1.165, 1.54) is 12.3 Å². The lowest BCUT2D eigenvalue weighted by Gasteiger charge is -2.31. The summed E-state index contributed by atoms with van der Waals surface area (Å²) in [5.41, 5.74) is 1.09. The van der Waals surface area contributed by atoms with Crippen molar-refractivity contribution in [1.82, 2.24) is 4.98 Å². The van der Waals surface area contributed by atoms with E-state index in [0.29, 0.717) is 37.0 Å². The van der Waals surface area contributed by atoms with Crippen LogP contribution in [-0.4, -0.2) is 37.2 Å². The van der Waals surface area contributed by atoms with Crippen LogP contribution in [0.15, 0.2) is 47.0 Å². The second-order valence-electron chi connectivity index (χ2n) is 7.00. The summed E-state index contributed by atoms with van der Waals surface area (Å²) >= 11 is 6.39. The molecule has 3 aromatic rings. The molecule has 0 aliphatic carbocycles. The Balaban J connectivity index is 1.42. The molecule has 0 radical (unpaired) electrons. The van der Waals surface area contributed by atoms with E-state index in [0.717, 1.165) is 17.8 Å². The molecule has 1 aliphatic heterocycles. The van der Waals surface area contributed by atoms with E-state index >= 15 is 0 Å². The number of hydrogen-bond donors (Lipinski definition) is 1. The molecule has 0 bridgehead atoms. The predicted octanol–water partition coefficient (Wildman–Crippen LogP) is 4.68. The first-order valence-electron chi connectivity index (χ1n) is 9.83. The first kappa shape index (κ1) is 21.3. The molecule has 1 fully saturated rings. The number of oxazole rings is 1. The first-order valence-corrected chi connectivity index (χ1v) is 10.2. The highest BCUT2D eigenvalue weighted by Crippen LogP contribution is 2.34. The minimum Gasteiger partial charge on any atom is -0.441 e. The van der Waals surface area contributed by atoms with Crippen molar-refractivity contribution in [3.8, 4) is 11.3 Å². The Hall–Kier alpha value is -2.97. The molecule has 1 saturated heterocycles. The van der Waals surface area contributed by atoms with Gasteiger partial charge in [0.1, 0.15) is 11.6 Å². The quantitative estimate of drug-likeness (QED) is 0.594. The average molecular weight is 448 g/mol. The maximum absolute atomic E-state index is 13.9. The Kier molecular flexibility index (Phi) is 6.48. The zero-order chi connectivity index (χ0) is 21.8. The highest BCUT2D eigenvalue weighted by atomic mass is 35.5. The van der Waals surface area contributed by atoms with Gasteiger partial charge < -0.3 is 19.4 Å². The van der Waals surface area contributed by atoms with Crippen molar-refractivity contribution < 1.29 is 22.7 Å². The summed E-state index contributed by atoms with van der Waals surface area (Å²) in [6.45, 7) is 2.54. The van der Waals surface area contributed by atoms with Gasteiger partial charge in [-0.15, -0.1) is 0 Å². The maximum Gasteiger partial charge on any atom is 0.224 e. The van der Waals surface area contributed by atoms with Crippen molar-refractivity contribution in [3.63, 3.8) is 0 Å². The Labute approximate surface area is 182 Å². The highest BCUT2D eigenvalue weighted by Gasteiger charge is 2.20. The molecule has 162 valence electrons. The maximum atomic E-state index is 13.9. The number of benzene rings is 2. The molecular formula is C22H20ClF2N3O3. The molecule has 0 unspecified atom stereocenters. The van der Waals surface area contributed by atoms with Gasteiger partial charge in [0.25, 0.3) is 0 Å². The van der Waals surface area contributed by atoms with Crippen molar-refractivity contribution in [2.45, 2.75) is 12.8 Å². The highest BCUT2D eigenvalue weighted by molar-refractivity contribution is 6.34. The van der Waals surface area contributed by atoms with Crippen molar-refractivity contribution >= 4 is 28.9 Å². The minimum absolute atomic E-state index is 0.0181. The monoisotopic (exact) mass is 447 g/mol. The number of carbonyl (C=O) groups excluding carboxylic acids is 1. The largest absolute Gasteiger partial charge is 0.441 e. The van der Waals surface area contributed by atoms with Gasteiger partial charge >= 0.3 is 0 Å². The summed E-state index contributed by atoms with van der Waals surface area (Å²) in [4.78, 5) is 18.6. The van der Waals surface area contributed by atoms with Crippen molar-refractivity contribution in [3.05, 3.63) is 65.1 Å². The molecule has 1 amide bonds. The van der Waals surface area contributed by atoms with Crippen LogP contribution in [0.3, 0.4) is 0 Å². The number of halogens is 3. The average Bonchev–Trinajstić information content (AvgIpc) is 3.21. The summed E-state index contributed by atoms with van der Waals surface area (Å²) in [6, 6.07) is 8.90. The summed E-state index contributed by atoms with van der Waals surface area (Å²) < 4.78 is 38.7. The van der Waals surface area contributed by atoms with E-state index in [1.54, 1.807) is 18.2 Å². The van der Waals surface area contributed by atoms with E-state index in [4.69, 9.17) is 20.8 Å². The molecule has 1 N–H and O–H groups in total. The van der Waals surface area contributed by atoms with Crippen molar-refractivity contribution in [2.75, 3.05) is 36.5 Å². The third kappa shape index (κ3) is 4.86. The van der Waals surface area contributed by atoms with Gasteiger partial charge in [-0.3, -0.25) is 4.79 Å². The van der Waals surface area contributed by atoms with Crippen molar-refractivity contribution in [2.24, 2.45) is 0 Å². The Bertz CT molecular complexity index is 1060. The molecule has 2 heterocycles. The van der Waals surface area contributed by atoms with Crippen molar-refractivity contribution in [1.29, 1.82) is 0 Å². The Morgan fingerprint density at radius 3 is 2.58 bits per heavy atom. The molecule has 0 saturated carbocycles. The van der Waals surface area contributed by atoms with Crippen LogP contribution in [0.4, 0.5) is 20.2 Å². The topological polar surface area (TPSA) is 67.6 Å². The van der Waals surface area contributed by atoms with Crippen LogP contribution in [0.1, 0.15) is 12.3 Å². The number of nitrogens with zero attached hydrogens (tertiary/aromatic N) is 2. The number of morpholine rings is 1. The summed E-state index contributed by atoms with van der Waals surface area (Å²) in [5.74, 6) is -1.54. The number of carbonyl (C=O) groups is 1. The second kappa shape index (κ2) is 9.45. The van der Waals surface area contributed by atoms with Gasteiger partial charge in [-0.25, -0.2) is 13.8 Å². The molecule has 0 atom stereocenters. The normalized spacial score (nSPS) is 14.0.